The Morgan fingerprint density at radius 2 is 2.39 bits per heavy atom. The van der Waals surface area contributed by atoms with E-state index in [2.05, 4.69) is 21.0 Å². The number of aromatic nitrogens is 2. The third kappa shape index (κ3) is 2.56. The number of anilines is 1. The summed E-state index contributed by atoms with van der Waals surface area (Å²) in [4.78, 5) is 14.9. The maximum atomic E-state index is 12.2. The molecule has 0 unspecified atom stereocenters. The number of halogens is 1. The predicted octanol–water partition coefficient (Wildman–Crippen LogP) is 2.10. The lowest BCUT2D eigenvalue weighted by atomic mass is 10.3. The molecule has 0 spiro atoms. The molecule has 2 N–H and O–H groups in total. The number of aryl methyl sites for hydroxylation is 1. The highest BCUT2D eigenvalue weighted by atomic mass is 79.9. The molecule has 0 fully saturated rings. The molecule has 0 saturated carbocycles. The molecule has 7 heteroatoms. The van der Waals surface area contributed by atoms with Gasteiger partial charge in [-0.3, -0.25) is 9.48 Å². The summed E-state index contributed by atoms with van der Waals surface area (Å²) in [6.45, 7) is 0.559. The van der Waals surface area contributed by atoms with E-state index in [9.17, 15) is 4.79 Å². The Bertz CT molecular complexity index is 577. The number of rotatable bonds is 3. The van der Waals surface area contributed by atoms with Gasteiger partial charge >= 0.3 is 0 Å². The van der Waals surface area contributed by atoms with Crippen LogP contribution in [0.2, 0.25) is 0 Å². The molecular weight excluding hydrogens is 316 g/mol. The number of nitrogens with two attached hydrogens (primary N) is 1. The monoisotopic (exact) mass is 328 g/mol. The second-order valence-electron chi connectivity index (χ2n) is 3.96. The van der Waals surface area contributed by atoms with Crippen LogP contribution in [0.1, 0.15) is 15.2 Å². The van der Waals surface area contributed by atoms with Crippen molar-refractivity contribution >= 4 is 39.0 Å². The molecule has 0 saturated heterocycles. The van der Waals surface area contributed by atoms with Gasteiger partial charge in [-0.25, -0.2) is 0 Å². The molecule has 18 heavy (non-hydrogen) atoms. The summed E-state index contributed by atoms with van der Waals surface area (Å²) in [6, 6.07) is 2.00. The Labute approximate surface area is 117 Å². The second-order valence-corrected chi connectivity index (χ2v) is 5.87. The highest BCUT2D eigenvalue weighted by molar-refractivity contribution is 9.10. The summed E-state index contributed by atoms with van der Waals surface area (Å²) < 4.78 is 2.52. The molecule has 0 atom stereocenters. The van der Waals surface area contributed by atoms with Crippen LogP contribution in [-0.2, 0) is 13.6 Å². The molecule has 2 rings (SSSR count). The molecule has 96 valence electrons. The van der Waals surface area contributed by atoms with E-state index in [1.54, 1.807) is 30.3 Å². The average Bonchev–Trinajstić information content (AvgIpc) is 2.87. The van der Waals surface area contributed by atoms with Gasteiger partial charge in [0.1, 0.15) is 11.4 Å². The second kappa shape index (κ2) is 5.11. The molecule has 2 aromatic rings. The van der Waals surface area contributed by atoms with Crippen molar-refractivity contribution in [2.24, 2.45) is 7.05 Å². The van der Waals surface area contributed by atoms with Crippen molar-refractivity contribution in [1.82, 2.24) is 14.7 Å². The Balaban J connectivity index is 2.12. The number of carbonyl (C=O) groups is 1. The van der Waals surface area contributed by atoms with Crippen LogP contribution in [0.5, 0.6) is 0 Å². The van der Waals surface area contributed by atoms with Gasteiger partial charge in [0.05, 0.1) is 12.7 Å². The first-order valence-corrected chi connectivity index (χ1v) is 6.92. The van der Waals surface area contributed by atoms with E-state index in [-0.39, 0.29) is 5.91 Å². The van der Waals surface area contributed by atoms with Gasteiger partial charge < -0.3 is 10.6 Å². The van der Waals surface area contributed by atoms with Gasteiger partial charge in [0.2, 0.25) is 0 Å². The molecular formula is C11H13BrN4OS. The van der Waals surface area contributed by atoms with Crippen LogP contribution < -0.4 is 5.73 Å². The van der Waals surface area contributed by atoms with E-state index >= 15 is 0 Å². The number of carbonyl (C=O) groups excluding carboxylic acids is 1. The van der Waals surface area contributed by atoms with Gasteiger partial charge in [0.15, 0.2) is 0 Å². The van der Waals surface area contributed by atoms with Crippen molar-refractivity contribution in [3.8, 4) is 0 Å². The first-order valence-electron chi connectivity index (χ1n) is 5.25. The smallest absolute Gasteiger partial charge is 0.259 e. The van der Waals surface area contributed by atoms with Gasteiger partial charge in [0.25, 0.3) is 5.91 Å². The minimum Gasteiger partial charge on any atom is -0.383 e. The topological polar surface area (TPSA) is 64.2 Å². The van der Waals surface area contributed by atoms with E-state index in [1.165, 1.54) is 10.9 Å². The first kappa shape index (κ1) is 13.1. The quantitative estimate of drug-likeness (QED) is 0.938. The summed E-state index contributed by atoms with van der Waals surface area (Å²) in [5.41, 5.74) is 6.23. The lowest BCUT2D eigenvalue weighted by Gasteiger charge is -2.15. The summed E-state index contributed by atoms with van der Waals surface area (Å²) in [5, 5.41) is 5.96. The van der Waals surface area contributed by atoms with Crippen molar-refractivity contribution < 1.29 is 4.79 Å². The Hall–Kier alpha value is -1.34. The van der Waals surface area contributed by atoms with Crippen molar-refractivity contribution in [2.45, 2.75) is 6.54 Å². The third-order valence-corrected chi connectivity index (χ3v) is 4.26. The molecule has 0 radical (unpaired) electrons. The molecule has 5 nitrogen and oxygen atoms in total. The van der Waals surface area contributed by atoms with Crippen LogP contribution in [-0.4, -0.2) is 27.6 Å². The van der Waals surface area contributed by atoms with Gasteiger partial charge in [-0.15, -0.1) is 11.3 Å². The summed E-state index contributed by atoms with van der Waals surface area (Å²) in [5.74, 6) is 0.268. The van der Waals surface area contributed by atoms with Gasteiger partial charge in [-0.2, -0.15) is 5.10 Å². The number of hydrogen-bond acceptors (Lipinski definition) is 4. The molecule has 0 aromatic carbocycles. The molecule has 0 aliphatic heterocycles. The van der Waals surface area contributed by atoms with Crippen molar-refractivity contribution in [1.29, 1.82) is 0 Å². The van der Waals surface area contributed by atoms with E-state index in [0.717, 1.165) is 9.35 Å². The standard InChI is InChI=1S/C11H13BrN4OS/c1-15(5-8-3-7(12)6-18-8)11(17)9-4-14-16(2)10(9)13/h3-4,6H,5,13H2,1-2H3. The normalized spacial score (nSPS) is 10.6. The summed E-state index contributed by atoms with van der Waals surface area (Å²) in [7, 11) is 3.46. The van der Waals surface area contributed by atoms with Crippen LogP contribution >= 0.6 is 27.3 Å². The van der Waals surface area contributed by atoms with Crippen LogP contribution in [0.25, 0.3) is 0 Å². The van der Waals surface area contributed by atoms with Crippen LogP contribution in [0.15, 0.2) is 22.1 Å². The zero-order chi connectivity index (χ0) is 13.3. The van der Waals surface area contributed by atoms with E-state index in [0.29, 0.717) is 17.9 Å². The highest BCUT2D eigenvalue weighted by Crippen LogP contribution is 2.22. The van der Waals surface area contributed by atoms with E-state index in [4.69, 9.17) is 5.73 Å². The number of hydrogen-bond donors (Lipinski definition) is 1. The maximum Gasteiger partial charge on any atom is 0.259 e. The minimum atomic E-state index is -0.120. The average molecular weight is 329 g/mol. The minimum absolute atomic E-state index is 0.120. The summed E-state index contributed by atoms with van der Waals surface area (Å²) >= 11 is 5.00. The number of nitrogen functional groups attached to an aromatic ring is 1. The third-order valence-electron chi connectivity index (χ3n) is 2.58. The molecule has 2 heterocycles. The number of amides is 1. The fourth-order valence-corrected chi connectivity index (χ4v) is 3.06. The molecule has 0 aliphatic carbocycles. The van der Waals surface area contributed by atoms with E-state index < -0.39 is 0 Å². The number of nitrogens with zero attached hydrogens (tertiary/aromatic N) is 3. The predicted molar refractivity (Wildman–Crippen MR) is 75.4 cm³/mol. The fraction of sp³-hybridized carbons (Fsp3) is 0.273. The van der Waals surface area contributed by atoms with Crippen LogP contribution in [0, 0.1) is 0 Å². The largest absolute Gasteiger partial charge is 0.383 e. The van der Waals surface area contributed by atoms with Crippen molar-refractivity contribution in [2.75, 3.05) is 12.8 Å². The Morgan fingerprint density at radius 3 is 2.89 bits per heavy atom. The lowest BCUT2D eigenvalue weighted by Crippen LogP contribution is -2.26. The zero-order valence-electron chi connectivity index (χ0n) is 10.1. The SMILES string of the molecule is CN(Cc1cc(Br)cs1)C(=O)c1cnn(C)c1N. The van der Waals surface area contributed by atoms with Crippen LogP contribution in [0.3, 0.4) is 0 Å². The van der Waals surface area contributed by atoms with Gasteiger partial charge in [-0.1, -0.05) is 0 Å². The molecule has 1 amide bonds. The molecule has 0 bridgehead atoms. The zero-order valence-corrected chi connectivity index (χ0v) is 12.5. The van der Waals surface area contributed by atoms with Gasteiger partial charge in [-0.05, 0) is 22.0 Å². The lowest BCUT2D eigenvalue weighted by molar-refractivity contribution is 0.0787. The molecule has 0 aliphatic rings. The Kier molecular flexibility index (Phi) is 3.72. The maximum absolute atomic E-state index is 12.2. The first-order chi connectivity index (χ1) is 8.49. The van der Waals surface area contributed by atoms with E-state index in [1.807, 2.05) is 11.4 Å². The fourth-order valence-electron chi connectivity index (χ4n) is 1.56. The Morgan fingerprint density at radius 1 is 1.67 bits per heavy atom. The van der Waals surface area contributed by atoms with Crippen LogP contribution in [0.4, 0.5) is 5.82 Å². The molecule has 2 aromatic heterocycles. The summed E-state index contributed by atoms with van der Waals surface area (Å²) in [6.07, 6.45) is 1.50. The van der Waals surface area contributed by atoms with Gasteiger partial charge in [0, 0.05) is 28.8 Å². The van der Waals surface area contributed by atoms with Crippen molar-refractivity contribution in [3.05, 3.63) is 32.6 Å². The number of thiophene rings is 1. The highest BCUT2D eigenvalue weighted by Gasteiger charge is 2.18. The van der Waals surface area contributed by atoms with Crippen molar-refractivity contribution in [3.63, 3.8) is 0 Å².